The van der Waals surface area contributed by atoms with Gasteiger partial charge in [-0.3, -0.25) is 0 Å². The van der Waals surface area contributed by atoms with Crippen molar-refractivity contribution in [2.24, 2.45) is 5.73 Å². The smallest absolute Gasteiger partial charge is 0.258 e. The van der Waals surface area contributed by atoms with Crippen LogP contribution in [0.4, 0.5) is 0 Å². The van der Waals surface area contributed by atoms with Crippen LogP contribution in [0.2, 0.25) is 0 Å². The van der Waals surface area contributed by atoms with Crippen LogP contribution in [0, 0.1) is 0 Å². The van der Waals surface area contributed by atoms with Gasteiger partial charge in [-0.25, -0.2) is 0 Å². The van der Waals surface area contributed by atoms with E-state index < -0.39 is 0 Å². The molecule has 0 amide bonds. The van der Waals surface area contributed by atoms with Crippen molar-refractivity contribution < 1.29 is 4.52 Å². The van der Waals surface area contributed by atoms with Gasteiger partial charge < -0.3 is 10.3 Å². The number of aromatic nitrogens is 2. The number of halogens is 1. The molecule has 3 rings (SSSR count). The molecule has 0 fully saturated rings. The molecule has 6 heteroatoms. The van der Waals surface area contributed by atoms with Crippen LogP contribution in [-0.4, -0.2) is 10.1 Å². The van der Waals surface area contributed by atoms with E-state index in [0.717, 1.165) is 19.8 Å². The minimum atomic E-state index is 0.493. The minimum absolute atomic E-state index is 0.493. The largest absolute Gasteiger partial charge is 0.334 e. The van der Waals surface area contributed by atoms with Crippen LogP contribution < -0.4 is 5.73 Å². The maximum atomic E-state index is 5.63. The molecule has 4 nitrogen and oxygen atoms in total. The second kappa shape index (κ2) is 5.24. The highest BCUT2D eigenvalue weighted by atomic mass is 79.9. The van der Waals surface area contributed by atoms with Crippen molar-refractivity contribution in [3.8, 4) is 22.2 Å². The average Bonchev–Trinajstić information content (AvgIpc) is 3.07. The van der Waals surface area contributed by atoms with Gasteiger partial charge in [0.25, 0.3) is 5.89 Å². The van der Waals surface area contributed by atoms with Gasteiger partial charge in [0, 0.05) is 12.1 Å². The number of nitrogens with two attached hydrogens (primary N) is 1. The van der Waals surface area contributed by atoms with E-state index in [2.05, 4.69) is 26.1 Å². The van der Waals surface area contributed by atoms with Gasteiger partial charge in [0.15, 0.2) is 0 Å². The number of rotatable bonds is 3. The Morgan fingerprint density at radius 3 is 2.89 bits per heavy atom. The maximum Gasteiger partial charge on any atom is 0.258 e. The lowest BCUT2D eigenvalue weighted by Gasteiger charge is -1.97. The number of hydrogen-bond acceptors (Lipinski definition) is 5. The molecule has 0 spiro atoms. The molecule has 19 heavy (non-hydrogen) atoms. The molecule has 0 aliphatic carbocycles. The molecule has 3 aromatic rings. The molecule has 0 unspecified atom stereocenters. The molecule has 0 saturated carbocycles. The summed E-state index contributed by atoms with van der Waals surface area (Å²) in [6.45, 7) is 0.493. The van der Waals surface area contributed by atoms with E-state index in [4.69, 9.17) is 10.3 Å². The van der Waals surface area contributed by atoms with Crippen molar-refractivity contribution >= 4 is 27.3 Å². The Hall–Kier alpha value is -1.50. The molecule has 2 heterocycles. The first kappa shape index (κ1) is 12.5. The summed E-state index contributed by atoms with van der Waals surface area (Å²) in [5, 5.41) is 4.00. The van der Waals surface area contributed by atoms with E-state index in [1.807, 2.05) is 36.4 Å². The normalized spacial score (nSPS) is 10.8. The molecule has 0 radical (unpaired) electrons. The Kier molecular flexibility index (Phi) is 3.46. The van der Waals surface area contributed by atoms with E-state index in [9.17, 15) is 0 Å². The highest BCUT2D eigenvalue weighted by molar-refractivity contribution is 9.11. The van der Waals surface area contributed by atoms with Gasteiger partial charge in [0.2, 0.25) is 5.82 Å². The Labute approximate surface area is 122 Å². The van der Waals surface area contributed by atoms with Gasteiger partial charge in [-0.05, 0) is 45.8 Å². The van der Waals surface area contributed by atoms with Crippen LogP contribution >= 0.6 is 27.3 Å². The Balaban J connectivity index is 1.96. The predicted molar refractivity (Wildman–Crippen MR) is 78.6 cm³/mol. The van der Waals surface area contributed by atoms with E-state index in [0.29, 0.717) is 18.3 Å². The minimum Gasteiger partial charge on any atom is -0.334 e. The lowest BCUT2D eigenvalue weighted by atomic mass is 10.1. The van der Waals surface area contributed by atoms with E-state index in [1.54, 1.807) is 11.3 Å². The summed E-state index contributed by atoms with van der Waals surface area (Å²) in [6.07, 6.45) is 0. The van der Waals surface area contributed by atoms with Crippen LogP contribution in [0.15, 0.2) is 44.7 Å². The summed E-state index contributed by atoms with van der Waals surface area (Å²) in [4.78, 5) is 5.38. The fraction of sp³-hybridized carbons (Fsp3) is 0.0769. The van der Waals surface area contributed by atoms with Crippen LogP contribution in [0.3, 0.4) is 0 Å². The third-order valence-corrected chi connectivity index (χ3v) is 4.25. The van der Waals surface area contributed by atoms with Crippen LogP contribution in [0.25, 0.3) is 22.2 Å². The fourth-order valence-corrected chi connectivity index (χ4v) is 3.02. The fourth-order valence-electron chi connectivity index (χ4n) is 1.71. The zero-order valence-corrected chi connectivity index (χ0v) is 12.2. The lowest BCUT2D eigenvalue weighted by molar-refractivity contribution is 0.432. The first-order valence-electron chi connectivity index (χ1n) is 5.65. The van der Waals surface area contributed by atoms with Crippen molar-refractivity contribution in [1.82, 2.24) is 10.1 Å². The number of thiophene rings is 1. The maximum absolute atomic E-state index is 5.63. The first-order chi connectivity index (χ1) is 9.26. The molecule has 0 aliphatic heterocycles. The molecular weight excluding hydrogens is 326 g/mol. The molecule has 1 aromatic carbocycles. The Morgan fingerprint density at radius 1 is 1.26 bits per heavy atom. The molecule has 96 valence electrons. The summed E-state index contributed by atoms with van der Waals surface area (Å²) < 4.78 is 6.34. The van der Waals surface area contributed by atoms with Gasteiger partial charge in [-0.15, -0.1) is 11.3 Å². The Bertz CT molecular complexity index is 707. The predicted octanol–water partition coefficient (Wildman–Crippen LogP) is 3.69. The van der Waals surface area contributed by atoms with Gasteiger partial charge >= 0.3 is 0 Å². The summed E-state index contributed by atoms with van der Waals surface area (Å²) in [6, 6.07) is 11.7. The molecular formula is C13H10BrN3OS. The summed E-state index contributed by atoms with van der Waals surface area (Å²) in [7, 11) is 0. The highest BCUT2D eigenvalue weighted by Crippen LogP contribution is 2.30. The number of hydrogen-bond donors (Lipinski definition) is 1. The quantitative estimate of drug-likeness (QED) is 0.792. The van der Waals surface area contributed by atoms with E-state index >= 15 is 0 Å². The highest BCUT2D eigenvalue weighted by Gasteiger charge is 2.12. The van der Waals surface area contributed by atoms with Gasteiger partial charge in [0.1, 0.15) is 0 Å². The van der Waals surface area contributed by atoms with Crippen molar-refractivity contribution in [1.29, 1.82) is 0 Å². The van der Waals surface area contributed by atoms with Crippen molar-refractivity contribution in [2.45, 2.75) is 6.54 Å². The molecule has 0 bridgehead atoms. The summed E-state index contributed by atoms with van der Waals surface area (Å²) in [5.41, 5.74) is 7.55. The molecule has 0 aliphatic rings. The third-order valence-electron chi connectivity index (χ3n) is 2.63. The molecule has 0 atom stereocenters. The van der Waals surface area contributed by atoms with Crippen molar-refractivity contribution in [3.63, 3.8) is 0 Å². The van der Waals surface area contributed by atoms with E-state index in [-0.39, 0.29) is 0 Å². The topological polar surface area (TPSA) is 64.9 Å². The first-order valence-corrected chi connectivity index (χ1v) is 7.26. The standard InChI is InChI=1S/C13H10BrN3OS/c14-11-5-4-10(19-11)12-16-13(18-17-12)9-3-1-2-8(6-9)7-15/h1-6H,7,15H2. The van der Waals surface area contributed by atoms with E-state index in [1.165, 1.54) is 0 Å². The second-order valence-corrected chi connectivity index (χ2v) is 6.39. The van der Waals surface area contributed by atoms with Crippen LogP contribution in [-0.2, 0) is 6.54 Å². The summed E-state index contributed by atoms with van der Waals surface area (Å²) >= 11 is 4.99. The van der Waals surface area contributed by atoms with Gasteiger partial charge in [-0.1, -0.05) is 17.3 Å². The summed E-state index contributed by atoms with van der Waals surface area (Å²) in [5.74, 6) is 1.11. The molecule has 2 N–H and O–H groups in total. The SMILES string of the molecule is NCc1cccc(-c2nc(-c3ccc(Br)s3)no2)c1. The zero-order valence-electron chi connectivity index (χ0n) is 9.84. The van der Waals surface area contributed by atoms with Crippen molar-refractivity contribution in [3.05, 3.63) is 45.7 Å². The molecule has 2 aromatic heterocycles. The van der Waals surface area contributed by atoms with Crippen LogP contribution in [0.5, 0.6) is 0 Å². The van der Waals surface area contributed by atoms with Gasteiger partial charge in [-0.2, -0.15) is 4.98 Å². The molecule has 0 saturated heterocycles. The van der Waals surface area contributed by atoms with Gasteiger partial charge in [0.05, 0.1) is 8.66 Å². The second-order valence-electron chi connectivity index (χ2n) is 3.93. The average molecular weight is 336 g/mol. The monoisotopic (exact) mass is 335 g/mol. The lowest BCUT2D eigenvalue weighted by Crippen LogP contribution is -1.95. The number of benzene rings is 1. The van der Waals surface area contributed by atoms with Crippen LogP contribution in [0.1, 0.15) is 5.56 Å². The number of nitrogens with zero attached hydrogens (tertiary/aromatic N) is 2. The zero-order chi connectivity index (χ0) is 13.2. The van der Waals surface area contributed by atoms with Crippen molar-refractivity contribution in [2.75, 3.05) is 0 Å². The third kappa shape index (κ3) is 2.60. The Morgan fingerprint density at radius 2 is 2.16 bits per heavy atom.